The van der Waals surface area contributed by atoms with Gasteiger partial charge in [-0.25, -0.2) is 13.8 Å². The smallest absolute Gasteiger partial charge is 0.259 e. The topological polar surface area (TPSA) is 68.0 Å². The first-order valence-electron chi connectivity index (χ1n) is 8.67. The fraction of sp³-hybridized carbons (Fsp3) is 0.316. The van der Waals surface area contributed by atoms with Crippen LogP contribution in [-0.4, -0.2) is 16.0 Å². The summed E-state index contributed by atoms with van der Waals surface area (Å²) in [6.45, 7) is 0. The predicted molar refractivity (Wildman–Crippen MR) is 90.1 cm³/mol. The highest BCUT2D eigenvalue weighted by molar-refractivity contribution is 6.12. The van der Waals surface area contributed by atoms with Gasteiger partial charge in [0, 0.05) is 23.6 Å². The second-order valence-corrected chi connectivity index (χ2v) is 6.97. The van der Waals surface area contributed by atoms with Gasteiger partial charge in [0.1, 0.15) is 11.6 Å². The summed E-state index contributed by atoms with van der Waals surface area (Å²) in [6.07, 6.45) is 4.01. The minimum atomic E-state index is -0.694. The first-order chi connectivity index (χ1) is 12.6. The summed E-state index contributed by atoms with van der Waals surface area (Å²) in [6, 6.07) is 4.68. The number of pyridine rings is 1. The summed E-state index contributed by atoms with van der Waals surface area (Å²) in [7, 11) is 0. The molecule has 1 amide bonds. The Morgan fingerprint density at radius 2 is 1.88 bits per heavy atom. The van der Waals surface area contributed by atoms with Gasteiger partial charge in [-0.1, -0.05) is 5.16 Å². The molecule has 5 rings (SSSR count). The van der Waals surface area contributed by atoms with Crippen molar-refractivity contribution >= 4 is 22.7 Å². The van der Waals surface area contributed by atoms with Crippen LogP contribution in [0.5, 0.6) is 0 Å². The van der Waals surface area contributed by atoms with Crippen molar-refractivity contribution in [3.63, 3.8) is 0 Å². The van der Waals surface area contributed by atoms with Crippen LogP contribution in [0.1, 0.15) is 59.3 Å². The molecule has 0 saturated heterocycles. The molecule has 1 N–H and O–H groups in total. The highest BCUT2D eigenvalue weighted by Crippen LogP contribution is 2.45. The van der Waals surface area contributed by atoms with E-state index in [1.165, 1.54) is 0 Å². The van der Waals surface area contributed by atoms with Gasteiger partial charge >= 0.3 is 0 Å². The lowest BCUT2D eigenvalue weighted by Crippen LogP contribution is -2.15. The molecule has 2 aliphatic rings. The molecule has 2 aliphatic carbocycles. The number of rotatable bonds is 4. The molecule has 7 heteroatoms. The normalized spacial score (nSPS) is 16.8. The number of fused-ring (bicyclic) bond motifs is 1. The maximum absolute atomic E-state index is 13.9. The first kappa shape index (κ1) is 15.4. The van der Waals surface area contributed by atoms with Gasteiger partial charge in [-0.15, -0.1) is 0 Å². The zero-order valence-corrected chi connectivity index (χ0v) is 13.8. The first-order valence-corrected chi connectivity index (χ1v) is 8.67. The summed E-state index contributed by atoms with van der Waals surface area (Å²) >= 11 is 0. The third-order valence-corrected chi connectivity index (χ3v) is 4.87. The Morgan fingerprint density at radius 3 is 2.62 bits per heavy atom. The van der Waals surface area contributed by atoms with Crippen LogP contribution in [0.2, 0.25) is 0 Å². The Morgan fingerprint density at radius 1 is 1.12 bits per heavy atom. The zero-order valence-electron chi connectivity index (χ0n) is 13.8. The molecule has 0 unspecified atom stereocenters. The standard InChI is InChI=1S/C19H15F2N3O2/c20-11-5-6-13(21)15(7-11)22-18(25)12-8-14(9-1-2-9)23-19-16(12)17(24-26-19)10-3-4-10/h5-10H,1-4H2,(H,22,25). The number of amides is 1. The van der Waals surface area contributed by atoms with Crippen LogP contribution in [0.15, 0.2) is 28.8 Å². The Hall–Kier alpha value is -2.83. The minimum Gasteiger partial charge on any atom is -0.335 e. The molecule has 2 heterocycles. The highest BCUT2D eigenvalue weighted by atomic mass is 19.1. The molecule has 132 valence electrons. The van der Waals surface area contributed by atoms with Crippen molar-refractivity contribution in [2.45, 2.75) is 37.5 Å². The van der Waals surface area contributed by atoms with E-state index in [4.69, 9.17) is 4.52 Å². The van der Waals surface area contributed by atoms with Gasteiger partial charge in [-0.05, 0) is 43.9 Å². The second-order valence-electron chi connectivity index (χ2n) is 6.97. The number of benzene rings is 1. The van der Waals surface area contributed by atoms with Crippen LogP contribution >= 0.6 is 0 Å². The molecule has 2 fully saturated rings. The van der Waals surface area contributed by atoms with Crippen LogP contribution in [-0.2, 0) is 0 Å². The molecule has 0 aliphatic heterocycles. The SMILES string of the molecule is O=C(Nc1cc(F)ccc1F)c1cc(C2CC2)nc2onc(C3CC3)c12. The number of halogens is 2. The molecule has 0 spiro atoms. The molecule has 0 bridgehead atoms. The Kier molecular flexibility index (Phi) is 3.32. The van der Waals surface area contributed by atoms with Crippen LogP contribution in [0, 0.1) is 11.6 Å². The maximum atomic E-state index is 13.9. The summed E-state index contributed by atoms with van der Waals surface area (Å²) in [4.78, 5) is 17.4. The molecule has 2 saturated carbocycles. The fourth-order valence-electron chi connectivity index (χ4n) is 3.18. The molecular formula is C19H15F2N3O2. The van der Waals surface area contributed by atoms with E-state index in [0.717, 1.165) is 55.3 Å². The fourth-order valence-corrected chi connectivity index (χ4v) is 3.18. The number of nitrogens with zero attached hydrogens (tertiary/aromatic N) is 2. The van der Waals surface area contributed by atoms with Gasteiger partial charge in [0.2, 0.25) is 0 Å². The van der Waals surface area contributed by atoms with Gasteiger partial charge in [-0.2, -0.15) is 0 Å². The van der Waals surface area contributed by atoms with Gasteiger partial charge in [0.15, 0.2) is 0 Å². The lowest BCUT2D eigenvalue weighted by atomic mass is 10.0. The quantitative estimate of drug-likeness (QED) is 0.748. The summed E-state index contributed by atoms with van der Waals surface area (Å²) in [5, 5.41) is 7.15. The number of anilines is 1. The number of hydrogen-bond acceptors (Lipinski definition) is 4. The van der Waals surface area contributed by atoms with Crippen molar-refractivity contribution in [3.8, 4) is 0 Å². The molecule has 1 aromatic carbocycles. The largest absolute Gasteiger partial charge is 0.335 e. The summed E-state index contributed by atoms with van der Waals surface area (Å²) in [5.41, 5.74) is 1.99. The number of carbonyl (C=O) groups excluding carboxylic acids is 1. The Balaban J connectivity index is 1.60. The predicted octanol–water partition coefficient (Wildman–Crippen LogP) is 4.51. The molecule has 0 atom stereocenters. The van der Waals surface area contributed by atoms with E-state index in [-0.39, 0.29) is 11.6 Å². The van der Waals surface area contributed by atoms with E-state index in [2.05, 4.69) is 15.5 Å². The van der Waals surface area contributed by atoms with Crippen molar-refractivity contribution in [2.75, 3.05) is 5.32 Å². The van der Waals surface area contributed by atoms with Crippen LogP contribution in [0.25, 0.3) is 11.1 Å². The number of carbonyl (C=O) groups is 1. The minimum absolute atomic E-state index is 0.197. The van der Waals surface area contributed by atoms with Gasteiger partial charge in [-0.3, -0.25) is 4.79 Å². The average molecular weight is 355 g/mol. The Labute approximate surface area is 147 Å². The number of aromatic nitrogens is 2. The van der Waals surface area contributed by atoms with E-state index in [0.29, 0.717) is 22.6 Å². The van der Waals surface area contributed by atoms with E-state index < -0.39 is 17.5 Å². The molecule has 2 aromatic heterocycles. The molecular weight excluding hydrogens is 340 g/mol. The molecule has 26 heavy (non-hydrogen) atoms. The summed E-state index contributed by atoms with van der Waals surface area (Å²) < 4.78 is 32.7. The van der Waals surface area contributed by atoms with E-state index in [9.17, 15) is 13.6 Å². The maximum Gasteiger partial charge on any atom is 0.259 e. The Bertz CT molecular complexity index is 1040. The van der Waals surface area contributed by atoms with Crippen molar-refractivity contribution in [1.29, 1.82) is 0 Å². The highest BCUT2D eigenvalue weighted by Gasteiger charge is 2.34. The van der Waals surface area contributed by atoms with Crippen molar-refractivity contribution in [1.82, 2.24) is 10.1 Å². The third kappa shape index (κ3) is 2.64. The lowest BCUT2D eigenvalue weighted by Gasteiger charge is -2.09. The number of hydrogen-bond donors (Lipinski definition) is 1. The molecule has 3 aromatic rings. The van der Waals surface area contributed by atoms with Crippen LogP contribution < -0.4 is 5.32 Å². The van der Waals surface area contributed by atoms with Crippen LogP contribution in [0.4, 0.5) is 14.5 Å². The van der Waals surface area contributed by atoms with Gasteiger partial charge in [0.05, 0.1) is 22.3 Å². The van der Waals surface area contributed by atoms with Crippen molar-refractivity contribution in [2.24, 2.45) is 0 Å². The zero-order chi connectivity index (χ0) is 17.8. The van der Waals surface area contributed by atoms with E-state index in [1.807, 2.05) is 0 Å². The third-order valence-electron chi connectivity index (χ3n) is 4.87. The summed E-state index contributed by atoms with van der Waals surface area (Å²) in [5.74, 6) is -1.26. The lowest BCUT2D eigenvalue weighted by molar-refractivity contribution is 0.102. The van der Waals surface area contributed by atoms with Gasteiger partial charge in [0.25, 0.3) is 11.6 Å². The van der Waals surface area contributed by atoms with Crippen LogP contribution in [0.3, 0.4) is 0 Å². The monoisotopic (exact) mass is 355 g/mol. The number of nitrogens with one attached hydrogen (secondary N) is 1. The average Bonchev–Trinajstić information content (AvgIpc) is 3.54. The molecule has 5 nitrogen and oxygen atoms in total. The molecule has 0 radical (unpaired) electrons. The second kappa shape index (κ2) is 5.59. The van der Waals surface area contributed by atoms with Crippen molar-refractivity contribution in [3.05, 3.63) is 52.9 Å². The van der Waals surface area contributed by atoms with Crippen molar-refractivity contribution < 1.29 is 18.1 Å². The van der Waals surface area contributed by atoms with E-state index in [1.54, 1.807) is 6.07 Å². The van der Waals surface area contributed by atoms with Gasteiger partial charge < -0.3 is 9.84 Å². The van der Waals surface area contributed by atoms with E-state index >= 15 is 0 Å².